The summed E-state index contributed by atoms with van der Waals surface area (Å²) in [4.78, 5) is 32.3. The molecule has 1 aliphatic heterocycles. The number of H-pyrrole nitrogens is 1. The van der Waals surface area contributed by atoms with E-state index < -0.39 is 71.7 Å². The highest BCUT2D eigenvalue weighted by Crippen LogP contribution is 2.41. The molecule has 2 unspecified atom stereocenters. The number of nitrogens with one attached hydrogen (secondary N) is 2. The third-order valence-corrected chi connectivity index (χ3v) is 6.74. The van der Waals surface area contributed by atoms with Gasteiger partial charge in [0.25, 0.3) is 11.5 Å². The molecule has 8 nitrogen and oxygen atoms in total. The first-order valence-electron chi connectivity index (χ1n) is 12.2. The predicted molar refractivity (Wildman–Crippen MR) is 133 cm³/mol. The van der Waals surface area contributed by atoms with Crippen LogP contribution >= 0.6 is 0 Å². The van der Waals surface area contributed by atoms with Gasteiger partial charge in [0.15, 0.2) is 11.6 Å². The van der Waals surface area contributed by atoms with E-state index in [1.165, 1.54) is 30.2 Å². The Kier molecular flexibility index (Phi) is 8.40. The predicted octanol–water partition coefficient (Wildman–Crippen LogP) is 4.85. The van der Waals surface area contributed by atoms with Crippen molar-refractivity contribution >= 4 is 11.7 Å². The summed E-state index contributed by atoms with van der Waals surface area (Å²) in [6.07, 6.45) is -3.55. The average Bonchev–Trinajstić information content (AvgIpc) is 2.90. The molecule has 41 heavy (non-hydrogen) atoms. The van der Waals surface area contributed by atoms with Crippen LogP contribution in [0.4, 0.5) is 36.6 Å². The minimum Gasteiger partial charge on any atom is -0.453 e. The molecule has 1 saturated heterocycles. The Bertz CT molecular complexity index is 1460. The van der Waals surface area contributed by atoms with Crippen molar-refractivity contribution in [3.8, 4) is 11.5 Å². The van der Waals surface area contributed by atoms with Crippen LogP contribution in [0.1, 0.15) is 36.4 Å². The van der Waals surface area contributed by atoms with E-state index in [1.54, 1.807) is 0 Å². The highest BCUT2D eigenvalue weighted by atomic mass is 19.4. The molecule has 3 heterocycles. The standard InChI is InChI=1S/C26H24F7N5O3/c1-13(23(39)37-21-5-3-16(11-35-21)41-20-4-2-15(27)9-19(20)28)38-7-6-25(29,30)18(12-38)14-8-17(24(40)36-10-14)22(34)26(31,32)33/h2-5,8-11,13,18,22H,6-7,12,34H2,1H3,(H,36,40)(H,35,37,39)/t13?,18-,22?/m1/s1. The number of alkyl halides is 5. The zero-order valence-corrected chi connectivity index (χ0v) is 21.3. The number of hydrogen-bond donors (Lipinski definition) is 3. The van der Waals surface area contributed by atoms with Gasteiger partial charge in [0.05, 0.1) is 18.2 Å². The van der Waals surface area contributed by atoms with Crippen LogP contribution in [-0.2, 0) is 4.79 Å². The van der Waals surface area contributed by atoms with Gasteiger partial charge in [0, 0.05) is 37.3 Å². The van der Waals surface area contributed by atoms with Crippen LogP contribution in [0.25, 0.3) is 0 Å². The zero-order valence-electron chi connectivity index (χ0n) is 21.3. The molecule has 1 fully saturated rings. The molecule has 0 radical (unpaired) electrons. The molecule has 3 atom stereocenters. The third kappa shape index (κ3) is 6.85. The number of aromatic nitrogens is 2. The summed E-state index contributed by atoms with van der Waals surface area (Å²) in [5.74, 6) is -7.38. The van der Waals surface area contributed by atoms with Crippen LogP contribution in [0, 0.1) is 11.6 Å². The number of likely N-dealkylation sites (tertiary alicyclic amines) is 1. The van der Waals surface area contributed by atoms with Crippen molar-refractivity contribution in [2.24, 2.45) is 5.73 Å². The van der Waals surface area contributed by atoms with Crippen LogP contribution in [0.15, 0.2) is 53.6 Å². The van der Waals surface area contributed by atoms with Crippen molar-refractivity contribution in [2.45, 2.75) is 43.4 Å². The minimum atomic E-state index is -4.96. The second-order valence-electron chi connectivity index (χ2n) is 9.52. The van der Waals surface area contributed by atoms with Gasteiger partial charge in [0.2, 0.25) is 5.91 Å². The SMILES string of the molecule is CC(C(=O)Nc1ccc(Oc2ccc(F)cc2F)cn1)N1CCC(F)(F)[C@@H](c2c[nH]c(=O)c(C(N)C(F)(F)F)c2)C1. The summed E-state index contributed by atoms with van der Waals surface area (Å²) in [5.41, 5.74) is 2.86. The minimum absolute atomic E-state index is 0.0686. The molecule has 220 valence electrons. The molecule has 1 aliphatic rings. The van der Waals surface area contributed by atoms with E-state index in [0.717, 1.165) is 24.4 Å². The normalized spacial score (nSPS) is 18.9. The monoisotopic (exact) mass is 587 g/mol. The van der Waals surface area contributed by atoms with Crippen LogP contribution in [0.5, 0.6) is 11.5 Å². The lowest BCUT2D eigenvalue weighted by Crippen LogP contribution is -2.52. The van der Waals surface area contributed by atoms with Gasteiger partial charge in [-0.1, -0.05) is 0 Å². The van der Waals surface area contributed by atoms with E-state index in [0.29, 0.717) is 6.07 Å². The molecule has 2 aromatic heterocycles. The van der Waals surface area contributed by atoms with Crippen LogP contribution in [0.3, 0.4) is 0 Å². The van der Waals surface area contributed by atoms with Crippen molar-refractivity contribution in [2.75, 3.05) is 18.4 Å². The first kappa shape index (κ1) is 30.0. The van der Waals surface area contributed by atoms with Crippen molar-refractivity contribution in [1.29, 1.82) is 0 Å². The van der Waals surface area contributed by atoms with Crippen LogP contribution in [-0.4, -0.2) is 52.0 Å². The van der Waals surface area contributed by atoms with E-state index in [-0.39, 0.29) is 29.4 Å². The van der Waals surface area contributed by atoms with Gasteiger partial charge in [-0.05, 0) is 42.8 Å². The Hall–Kier alpha value is -3.98. The van der Waals surface area contributed by atoms with Gasteiger partial charge in [-0.2, -0.15) is 13.2 Å². The molecule has 0 aliphatic carbocycles. The Morgan fingerprint density at radius 1 is 1.22 bits per heavy atom. The molecule has 1 amide bonds. The number of nitrogens with zero attached hydrogens (tertiary/aromatic N) is 2. The first-order valence-corrected chi connectivity index (χ1v) is 12.2. The topological polar surface area (TPSA) is 113 Å². The summed E-state index contributed by atoms with van der Waals surface area (Å²) in [5, 5.41) is 2.52. The number of carbonyl (C=O) groups is 1. The second kappa shape index (κ2) is 11.5. The van der Waals surface area contributed by atoms with Crippen LogP contribution in [0.2, 0.25) is 0 Å². The number of carbonyl (C=O) groups excluding carboxylic acids is 1. The van der Waals surface area contributed by atoms with E-state index in [2.05, 4.69) is 15.3 Å². The fraction of sp³-hybridized carbons (Fsp3) is 0.346. The number of ether oxygens (including phenoxy) is 1. The molecule has 0 spiro atoms. The number of amides is 1. The van der Waals surface area contributed by atoms with Gasteiger partial charge in [-0.25, -0.2) is 22.5 Å². The summed E-state index contributed by atoms with van der Waals surface area (Å²) >= 11 is 0. The lowest BCUT2D eigenvalue weighted by atomic mass is 9.86. The number of pyridine rings is 2. The number of piperidine rings is 1. The fourth-order valence-electron chi connectivity index (χ4n) is 4.35. The molecule has 3 aromatic rings. The summed E-state index contributed by atoms with van der Waals surface area (Å²) in [7, 11) is 0. The third-order valence-electron chi connectivity index (χ3n) is 6.74. The molecule has 0 bridgehead atoms. The summed E-state index contributed by atoms with van der Waals surface area (Å²) in [6.45, 7) is 0.861. The number of nitrogens with two attached hydrogens (primary N) is 1. The smallest absolute Gasteiger partial charge is 0.407 e. The Morgan fingerprint density at radius 2 is 1.95 bits per heavy atom. The maximum atomic E-state index is 14.9. The van der Waals surface area contributed by atoms with Gasteiger partial charge in [0.1, 0.15) is 23.4 Å². The zero-order chi connectivity index (χ0) is 30.1. The Labute approximate surface area is 228 Å². The highest BCUT2D eigenvalue weighted by Gasteiger charge is 2.47. The largest absolute Gasteiger partial charge is 0.453 e. The van der Waals surface area contributed by atoms with Gasteiger partial charge in [-0.3, -0.25) is 14.5 Å². The number of aromatic amines is 1. The van der Waals surface area contributed by atoms with E-state index in [1.807, 2.05) is 0 Å². The lowest BCUT2D eigenvalue weighted by Gasteiger charge is -2.40. The first-order chi connectivity index (χ1) is 19.2. The maximum absolute atomic E-state index is 14.9. The van der Waals surface area contributed by atoms with Gasteiger partial charge in [-0.15, -0.1) is 0 Å². The van der Waals surface area contributed by atoms with E-state index >= 15 is 0 Å². The van der Waals surface area contributed by atoms with E-state index in [9.17, 15) is 40.3 Å². The number of anilines is 1. The highest BCUT2D eigenvalue weighted by molar-refractivity contribution is 5.93. The van der Waals surface area contributed by atoms with Crippen molar-refractivity contribution < 1.29 is 40.3 Å². The van der Waals surface area contributed by atoms with Gasteiger partial charge >= 0.3 is 6.18 Å². The molecule has 0 saturated carbocycles. The quantitative estimate of drug-likeness (QED) is 0.341. The number of rotatable bonds is 7. The van der Waals surface area contributed by atoms with Gasteiger partial charge < -0.3 is 20.8 Å². The molecule has 15 heteroatoms. The molecule has 4 rings (SSSR count). The Balaban J connectivity index is 1.45. The molecule has 4 N–H and O–H groups in total. The van der Waals surface area contributed by atoms with Crippen molar-refractivity contribution in [3.63, 3.8) is 0 Å². The molecular formula is C26H24F7N5O3. The lowest BCUT2D eigenvalue weighted by molar-refractivity contribution is -0.149. The fourth-order valence-corrected chi connectivity index (χ4v) is 4.35. The van der Waals surface area contributed by atoms with Crippen molar-refractivity contribution in [3.05, 3.63) is 81.9 Å². The van der Waals surface area contributed by atoms with Crippen molar-refractivity contribution in [1.82, 2.24) is 14.9 Å². The van der Waals surface area contributed by atoms with Crippen LogP contribution < -0.4 is 21.3 Å². The molecule has 1 aromatic carbocycles. The summed E-state index contributed by atoms with van der Waals surface area (Å²) < 4.78 is 101. The average molecular weight is 587 g/mol. The summed E-state index contributed by atoms with van der Waals surface area (Å²) in [6, 6.07) is 2.57. The number of hydrogen-bond acceptors (Lipinski definition) is 6. The Morgan fingerprint density at radius 3 is 2.59 bits per heavy atom. The van der Waals surface area contributed by atoms with E-state index in [4.69, 9.17) is 10.5 Å². The second-order valence-corrected chi connectivity index (χ2v) is 9.52. The number of benzene rings is 1. The maximum Gasteiger partial charge on any atom is 0.407 e. The number of halogens is 7. The molecular weight excluding hydrogens is 563 g/mol.